The van der Waals surface area contributed by atoms with Gasteiger partial charge >= 0.3 is 0 Å². The molecule has 1 aromatic carbocycles. The molecule has 106 valence electrons. The second-order valence-corrected chi connectivity index (χ2v) is 6.69. The maximum Gasteiger partial charge on any atom is 0.243 e. The van der Waals surface area contributed by atoms with Crippen LogP contribution in [-0.2, 0) is 10.0 Å². The van der Waals surface area contributed by atoms with Crippen molar-refractivity contribution in [3.63, 3.8) is 0 Å². The summed E-state index contributed by atoms with van der Waals surface area (Å²) < 4.78 is 39.2. The van der Waals surface area contributed by atoms with Crippen LogP contribution in [0.15, 0.2) is 23.1 Å². The van der Waals surface area contributed by atoms with E-state index < -0.39 is 15.8 Å². The summed E-state index contributed by atoms with van der Waals surface area (Å²) in [4.78, 5) is -0.118. The van der Waals surface area contributed by atoms with E-state index >= 15 is 0 Å². The Morgan fingerprint density at radius 1 is 1.32 bits per heavy atom. The second-order valence-electron chi connectivity index (χ2n) is 4.75. The molecular formula is C12H17FN2O3S. The zero-order valence-corrected chi connectivity index (χ0v) is 11.2. The fraction of sp³-hybridized carbons (Fsp3) is 0.500. The third-order valence-electron chi connectivity index (χ3n) is 3.36. The minimum atomic E-state index is -3.71. The summed E-state index contributed by atoms with van der Waals surface area (Å²) >= 11 is 0. The molecule has 1 saturated heterocycles. The smallest absolute Gasteiger partial charge is 0.243 e. The fourth-order valence-corrected chi connectivity index (χ4v) is 3.75. The van der Waals surface area contributed by atoms with Crippen LogP contribution in [0.25, 0.3) is 0 Å². The van der Waals surface area contributed by atoms with Crippen LogP contribution in [0.3, 0.4) is 0 Å². The molecule has 1 heterocycles. The molecule has 0 aromatic heterocycles. The number of nitrogens with zero attached hydrogens (tertiary/aromatic N) is 1. The summed E-state index contributed by atoms with van der Waals surface area (Å²) in [7, 11) is -3.71. The summed E-state index contributed by atoms with van der Waals surface area (Å²) in [5, 5.41) is 9.04. The van der Waals surface area contributed by atoms with E-state index in [0.29, 0.717) is 25.9 Å². The van der Waals surface area contributed by atoms with E-state index in [1.54, 1.807) is 0 Å². The molecule has 1 aliphatic heterocycles. The third-order valence-corrected chi connectivity index (χ3v) is 5.24. The molecule has 5 nitrogen and oxygen atoms in total. The Bertz CT molecular complexity index is 534. The van der Waals surface area contributed by atoms with Crippen LogP contribution >= 0.6 is 0 Å². The standard InChI is InChI=1S/C12H17FN2O3S/c13-10-5-11(14)7-12(6-10)19(17,18)15-3-1-9(8-16)2-4-15/h5-7,9,16H,1-4,8,14H2. The van der Waals surface area contributed by atoms with Crippen LogP contribution in [0, 0.1) is 11.7 Å². The van der Waals surface area contributed by atoms with Gasteiger partial charge in [-0.3, -0.25) is 0 Å². The van der Waals surface area contributed by atoms with Gasteiger partial charge in [0.1, 0.15) is 5.82 Å². The fourth-order valence-electron chi connectivity index (χ4n) is 2.21. The molecule has 0 radical (unpaired) electrons. The lowest BCUT2D eigenvalue weighted by molar-refractivity contribution is 0.170. The van der Waals surface area contributed by atoms with Crippen molar-refractivity contribution >= 4 is 15.7 Å². The monoisotopic (exact) mass is 288 g/mol. The first-order chi connectivity index (χ1) is 8.93. The molecule has 1 fully saturated rings. The predicted molar refractivity (Wildman–Crippen MR) is 69.4 cm³/mol. The number of anilines is 1. The van der Waals surface area contributed by atoms with Crippen molar-refractivity contribution < 1.29 is 17.9 Å². The van der Waals surface area contributed by atoms with Crippen molar-refractivity contribution in [2.24, 2.45) is 5.92 Å². The topological polar surface area (TPSA) is 83.6 Å². The Balaban J connectivity index is 2.23. The summed E-state index contributed by atoms with van der Waals surface area (Å²) in [6.07, 6.45) is 1.22. The lowest BCUT2D eigenvalue weighted by Gasteiger charge is -2.30. The quantitative estimate of drug-likeness (QED) is 0.806. The van der Waals surface area contributed by atoms with Gasteiger partial charge in [-0.1, -0.05) is 0 Å². The first kappa shape index (κ1) is 14.2. The van der Waals surface area contributed by atoms with Crippen molar-refractivity contribution in [3.05, 3.63) is 24.0 Å². The van der Waals surface area contributed by atoms with Crippen LogP contribution in [0.1, 0.15) is 12.8 Å². The molecule has 1 aliphatic rings. The van der Waals surface area contributed by atoms with Crippen LogP contribution in [0.4, 0.5) is 10.1 Å². The maximum absolute atomic E-state index is 13.2. The van der Waals surface area contributed by atoms with Gasteiger partial charge in [0.25, 0.3) is 0 Å². The molecule has 2 rings (SSSR count). The number of halogens is 1. The Morgan fingerprint density at radius 2 is 1.95 bits per heavy atom. The Morgan fingerprint density at radius 3 is 2.47 bits per heavy atom. The molecule has 0 saturated carbocycles. The van der Waals surface area contributed by atoms with Crippen molar-refractivity contribution in [2.45, 2.75) is 17.7 Å². The van der Waals surface area contributed by atoms with Gasteiger partial charge in [0, 0.05) is 25.4 Å². The van der Waals surface area contributed by atoms with Crippen molar-refractivity contribution in [3.8, 4) is 0 Å². The number of aliphatic hydroxyl groups excluding tert-OH is 1. The van der Waals surface area contributed by atoms with Crippen LogP contribution < -0.4 is 5.73 Å². The highest BCUT2D eigenvalue weighted by molar-refractivity contribution is 7.89. The zero-order chi connectivity index (χ0) is 14.0. The second kappa shape index (κ2) is 5.44. The largest absolute Gasteiger partial charge is 0.399 e. The molecular weight excluding hydrogens is 271 g/mol. The normalized spacial score (nSPS) is 18.6. The summed E-state index contributed by atoms with van der Waals surface area (Å²) in [6.45, 7) is 0.745. The number of nitrogens with two attached hydrogens (primary N) is 1. The van der Waals surface area contributed by atoms with Crippen molar-refractivity contribution in [1.29, 1.82) is 0 Å². The molecule has 0 aliphatic carbocycles. The van der Waals surface area contributed by atoms with Gasteiger partial charge in [0.15, 0.2) is 0 Å². The molecule has 0 bridgehead atoms. The lowest BCUT2D eigenvalue weighted by Crippen LogP contribution is -2.39. The minimum absolute atomic E-state index is 0.0702. The average molecular weight is 288 g/mol. The van der Waals surface area contributed by atoms with Gasteiger partial charge < -0.3 is 10.8 Å². The summed E-state index contributed by atoms with van der Waals surface area (Å²) in [6, 6.07) is 3.32. The van der Waals surface area contributed by atoms with Gasteiger partial charge in [-0.25, -0.2) is 12.8 Å². The maximum atomic E-state index is 13.2. The highest BCUT2D eigenvalue weighted by Gasteiger charge is 2.29. The van der Waals surface area contributed by atoms with Gasteiger partial charge in [-0.2, -0.15) is 4.31 Å². The molecule has 7 heteroatoms. The Kier molecular flexibility index (Phi) is 4.07. The number of nitrogen functional groups attached to an aromatic ring is 1. The minimum Gasteiger partial charge on any atom is -0.399 e. The third kappa shape index (κ3) is 3.05. The van der Waals surface area contributed by atoms with Gasteiger partial charge in [0.05, 0.1) is 4.90 Å². The molecule has 3 N–H and O–H groups in total. The van der Waals surface area contributed by atoms with Crippen LogP contribution in [-0.4, -0.2) is 37.5 Å². The number of piperidine rings is 1. The predicted octanol–water partition coefficient (Wildman–Crippen LogP) is 0.801. The number of rotatable bonds is 3. The lowest BCUT2D eigenvalue weighted by atomic mass is 10.00. The number of hydrogen-bond donors (Lipinski definition) is 2. The SMILES string of the molecule is Nc1cc(F)cc(S(=O)(=O)N2CCC(CO)CC2)c1. The molecule has 0 atom stereocenters. The van der Waals surface area contributed by atoms with Gasteiger partial charge in [0.2, 0.25) is 10.0 Å². The molecule has 1 aromatic rings. The number of sulfonamides is 1. The van der Waals surface area contributed by atoms with E-state index in [1.165, 1.54) is 10.4 Å². The Labute approximate surface area is 111 Å². The highest BCUT2D eigenvalue weighted by Crippen LogP contribution is 2.25. The van der Waals surface area contributed by atoms with Crippen molar-refractivity contribution in [2.75, 3.05) is 25.4 Å². The van der Waals surface area contributed by atoms with E-state index in [4.69, 9.17) is 10.8 Å². The number of aliphatic hydroxyl groups is 1. The first-order valence-electron chi connectivity index (χ1n) is 6.10. The van der Waals surface area contributed by atoms with Gasteiger partial charge in [-0.15, -0.1) is 0 Å². The van der Waals surface area contributed by atoms with E-state index in [1.807, 2.05) is 0 Å². The first-order valence-corrected chi connectivity index (χ1v) is 7.54. The van der Waals surface area contributed by atoms with Crippen LogP contribution in [0.5, 0.6) is 0 Å². The molecule has 0 unspecified atom stereocenters. The van der Waals surface area contributed by atoms with E-state index in [-0.39, 0.29) is 23.1 Å². The van der Waals surface area contributed by atoms with Crippen molar-refractivity contribution in [1.82, 2.24) is 4.31 Å². The molecule has 19 heavy (non-hydrogen) atoms. The van der Waals surface area contributed by atoms with E-state index in [9.17, 15) is 12.8 Å². The summed E-state index contributed by atoms with van der Waals surface area (Å²) in [5.74, 6) is -0.521. The zero-order valence-electron chi connectivity index (χ0n) is 10.4. The van der Waals surface area contributed by atoms with E-state index in [0.717, 1.165) is 12.1 Å². The van der Waals surface area contributed by atoms with Gasteiger partial charge in [-0.05, 0) is 37.0 Å². The number of benzene rings is 1. The van der Waals surface area contributed by atoms with Crippen LogP contribution in [0.2, 0.25) is 0 Å². The number of hydrogen-bond acceptors (Lipinski definition) is 4. The molecule has 0 amide bonds. The average Bonchev–Trinajstić information content (AvgIpc) is 2.37. The Hall–Kier alpha value is -1.18. The molecule has 0 spiro atoms. The highest BCUT2D eigenvalue weighted by atomic mass is 32.2. The van der Waals surface area contributed by atoms with E-state index in [2.05, 4.69) is 0 Å². The summed E-state index contributed by atoms with van der Waals surface area (Å²) in [5.41, 5.74) is 5.56.